The van der Waals surface area contributed by atoms with Crippen molar-refractivity contribution < 1.29 is 0 Å². The van der Waals surface area contributed by atoms with Gasteiger partial charge in [0, 0.05) is 17.8 Å². The van der Waals surface area contributed by atoms with Crippen LogP contribution in [0.4, 0.5) is 0 Å². The smallest absolute Gasteiger partial charge is 0.161 e. The minimum atomic E-state index is 0. The third kappa shape index (κ3) is 3.16. The van der Waals surface area contributed by atoms with E-state index in [0.717, 1.165) is 17.0 Å². The highest BCUT2D eigenvalue weighted by Crippen LogP contribution is 2.24. The molecule has 2 N–H and O–H groups in total. The summed E-state index contributed by atoms with van der Waals surface area (Å²) in [6.07, 6.45) is 0. The van der Waals surface area contributed by atoms with E-state index in [2.05, 4.69) is 9.97 Å². The topological polar surface area (TPSA) is 51.8 Å². The monoisotopic (exact) mass is 269 g/mol. The maximum Gasteiger partial charge on any atom is 0.161 e. The Balaban J connectivity index is 0.00000144. The molecular weight excluding hydrogens is 257 g/mol. The first kappa shape index (κ1) is 13.9. The number of halogens is 2. The molecule has 2 aromatic rings. The van der Waals surface area contributed by atoms with Crippen LogP contribution in [-0.4, -0.2) is 9.97 Å². The molecule has 5 heteroatoms. The largest absolute Gasteiger partial charge is 0.325 e. The molecule has 17 heavy (non-hydrogen) atoms. The van der Waals surface area contributed by atoms with Gasteiger partial charge in [-0.15, -0.1) is 12.4 Å². The predicted octanol–water partition coefficient (Wildman–Crippen LogP) is 2.99. The highest BCUT2D eigenvalue weighted by Gasteiger charge is 2.07. The highest BCUT2D eigenvalue weighted by molar-refractivity contribution is 6.33. The van der Waals surface area contributed by atoms with Crippen LogP contribution in [0.5, 0.6) is 0 Å². The van der Waals surface area contributed by atoms with Gasteiger partial charge in [-0.2, -0.15) is 0 Å². The summed E-state index contributed by atoms with van der Waals surface area (Å²) in [7, 11) is 0. The van der Waals surface area contributed by atoms with Crippen molar-refractivity contribution in [1.82, 2.24) is 9.97 Å². The molecule has 0 aliphatic heterocycles. The first-order valence-electron chi connectivity index (χ1n) is 5.00. The van der Waals surface area contributed by atoms with Gasteiger partial charge in [-0.25, -0.2) is 9.97 Å². The number of aromatic nitrogens is 2. The van der Waals surface area contributed by atoms with Crippen molar-refractivity contribution >= 4 is 24.0 Å². The number of hydrogen-bond donors (Lipinski definition) is 1. The van der Waals surface area contributed by atoms with Gasteiger partial charge < -0.3 is 5.73 Å². The molecule has 3 nitrogen and oxygen atoms in total. The Morgan fingerprint density at radius 2 is 1.94 bits per heavy atom. The van der Waals surface area contributed by atoms with Crippen molar-refractivity contribution in [2.45, 2.75) is 13.5 Å². The van der Waals surface area contributed by atoms with Crippen LogP contribution in [0.2, 0.25) is 5.02 Å². The van der Waals surface area contributed by atoms with Crippen molar-refractivity contribution in [3.8, 4) is 11.4 Å². The summed E-state index contributed by atoms with van der Waals surface area (Å²) in [4.78, 5) is 8.72. The van der Waals surface area contributed by atoms with Gasteiger partial charge in [0.2, 0.25) is 0 Å². The van der Waals surface area contributed by atoms with Gasteiger partial charge in [0.05, 0.1) is 10.7 Å². The Bertz CT molecular complexity index is 515. The lowest BCUT2D eigenvalue weighted by molar-refractivity contribution is 0.953. The van der Waals surface area contributed by atoms with Crippen molar-refractivity contribution in [2.75, 3.05) is 0 Å². The lowest BCUT2D eigenvalue weighted by atomic mass is 10.2. The van der Waals surface area contributed by atoms with Gasteiger partial charge in [-0.1, -0.05) is 23.7 Å². The van der Waals surface area contributed by atoms with Crippen LogP contribution < -0.4 is 5.73 Å². The Morgan fingerprint density at radius 1 is 1.24 bits per heavy atom. The van der Waals surface area contributed by atoms with Gasteiger partial charge in [0.1, 0.15) is 0 Å². The second kappa shape index (κ2) is 5.96. The minimum absolute atomic E-state index is 0. The molecule has 90 valence electrons. The van der Waals surface area contributed by atoms with E-state index in [0.29, 0.717) is 17.4 Å². The molecule has 0 saturated carbocycles. The second-order valence-electron chi connectivity index (χ2n) is 3.51. The van der Waals surface area contributed by atoms with E-state index in [1.807, 2.05) is 37.3 Å². The molecule has 0 aliphatic rings. The molecule has 0 fully saturated rings. The number of aryl methyl sites for hydroxylation is 1. The summed E-state index contributed by atoms with van der Waals surface area (Å²) in [5.41, 5.74) is 8.13. The Labute approximate surface area is 111 Å². The summed E-state index contributed by atoms with van der Waals surface area (Å²) in [5.74, 6) is 0.631. The molecule has 0 amide bonds. The normalized spacial score (nSPS) is 9.82. The number of nitrogens with zero attached hydrogens (tertiary/aromatic N) is 2. The molecule has 2 rings (SSSR count). The summed E-state index contributed by atoms with van der Waals surface area (Å²) in [6, 6.07) is 9.39. The molecule has 0 spiro atoms. The standard InChI is InChI=1S/C12H12ClN3.ClH/c1-8-6-9(7-14)16-12(15-8)10-4-2-3-5-11(10)13;/h2-6H,7,14H2,1H3;1H. The van der Waals surface area contributed by atoms with E-state index in [1.165, 1.54) is 0 Å². The molecule has 0 saturated heterocycles. The van der Waals surface area contributed by atoms with Gasteiger partial charge in [0.25, 0.3) is 0 Å². The summed E-state index contributed by atoms with van der Waals surface area (Å²) >= 11 is 6.10. The molecular formula is C12H13Cl2N3. The lowest BCUT2D eigenvalue weighted by Crippen LogP contribution is -2.03. The highest BCUT2D eigenvalue weighted by atomic mass is 35.5. The van der Waals surface area contributed by atoms with E-state index >= 15 is 0 Å². The van der Waals surface area contributed by atoms with Gasteiger partial charge in [-0.3, -0.25) is 0 Å². The predicted molar refractivity (Wildman–Crippen MR) is 72.4 cm³/mol. The van der Waals surface area contributed by atoms with E-state index in [-0.39, 0.29) is 12.4 Å². The lowest BCUT2D eigenvalue weighted by Gasteiger charge is -2.05. The van der Waals surface area contributed by atoms with Crippen LogP contribution in [0.15, 0.2) is 30.3 Å². The maximum atomic E-state index is 6.10. The van der Waals surface area contributed by atoms with Crippen LogP contribution in [-0.2, 0) is 6.54 Å². The van der Waals surface area contributed by atoms with Crippen LogP contribution in [0.1, 0.15) is 11.4 Å². The SMILES string of the molecule is Cc1cc(CN)nc(-c2ccccc2Cl)n1.Cl. The number of benzene rings is 1. The Hall–Kier alpha value is -1.16. The van der Waals surface area contributed by atoms with Crippen molar-refractivity contribution in [3.05, 3.63) is 46.7 Å². The van der Waals surface area contributed by atoms with E-state index in [9.17, 15) is 0 Å². The van der Waals surface area contributed by atoms with Crippen LogP contribution in [0.3, 0.4) is 0 Å². The summed E-state index contributed by atoms with van der Waals surface area (Å²) < 4.78 is 0. The van der Waals surface area contributed by atoms with Gasteiger partial charge in [-0.05, 0) is 25.1 Å². The zero-order valence-corrected chi connectivity index (χ0v) is 10.9. The first-order chi connectivity index (χ1) is 7.70. The first-order valence-corrected chi connectivity index (χ1v) is 5.38. The average Bonchev–Trinajstić information content (AvgIpc) is 2.28. The fraction of sp³-hybridized carbons (Fsp3) is 0.167. The zero-order valence-electron chi connectivity index (χ0n) is 9.35. The molecule has 0 bridgehead atoms. The van der Waals surface area contributed by atoms with Gasteiger partial charge >= 0.3 is 0 Å². The molecule has 1 aromatic heterocycles. The minimum Gasteiger partial charge on any atom is -0.325 e. The molecule has 0 atom stereocenters. The van der Waals surface area contributed by atoms with E-state index in [4.69, 9.17) is 17.3 Å². The van der Waals surface area contributed by atoms with Crippen LogP contribution >= 0.6 is 24.0 Å². The molecule has 0 aliphatic carbocycles. The molecule has 1 aromatic carbocycles. The quantitative estimate of drug-likeness (QED) is 0.912. The number of hydrogen-bond acceptors (Lipinski definition) is 3. The maximum absolute atomic E-state index is 6.10. The summed E-state index contributed by atoms with van der Waals surface area (Å²) in [6.45, 7) is 2.32. The third-order valence-electron chi connectivity index (χ3n) is 2.23. The molecule has 0 radical (unpaired) electrons. The zero-order chi connectivity index (χ0) is 11.5. The average molecular weight is 270 g/mol. The fourth-order valence-electron chi connectivity index (χ4n) is 1.50. The Morgan fingerprint density at radius 3 is 2.59 bits per heavy atom. The van der Waals surface area contributed by atoms with E-state index in [1.54, 1.807) is 0 Å². The number of rotatable bonds is 2. The van der Waals surface area contributed by atoms with Crippen LogP contribution in [0.25, 0.3) is 11.4 Å². The fourth-order valence-corrected chi connectivity index (χ4v) is 1.72. The van der Waals surface area contributed by atoms with Crippen LogP contribution in [0, 0.1) is 6.92 Å². The second-order valence-corrected chi connectivity index (χ2v) is 3.92. The van der Waals surface area contributed by atoms with Crippen molar-refractivity contribution in [2.24, 2.45) is 5.73 Å². The van der Waals surface area contributed by atoms with Crippen molar-refractivity contribution in [1.29, 1.82) is 0 Å². The number of nitrogens with two attached hydrogens (primary N) is 1. The Kier molecular flexibility index (Phi) is 4.87. The third-order valence-corrected chi connectivity index (χ3v) is 2.56. The molecule has 1 heterocycles. The van der Waals surface area contributed by atoms with Gasteiger partial charge in [0.15, 0.2) is 5.82 Å². The van der Waals surface area contributed by atoms with E-state index < -0.39 is 0 Å². The summed E-state index contributed by atoms with van der Waals surface area (Å²) in [5, 5.41) is 0.649. The molecule has 0 unspecified atom stereocenters. The van der Waals surface area contributed by atoms with Crippen molar-refractivity contribution in [3.63, 3.8) is 0 Å².